The minimum absolute atomic E-state index is 0.0991. The van der Waals surface area contributed by atoms with Crippen molar-refractivity contribution in [3.63, 3.8) is 0 Å². The predicted molar refractivity (Wildman–Crippen MR) is 143 cm³/mol. The number of carbonyl (C=O) groups excluding carboxylic acids is 1. The van der Waals surface area contributed by atoms with E-state index in [9.17, 15) is 13.2 Å². The summed E-state index contributed by atoms with van der Waals surface area (Å²) >= 11 is 6.04. The summed E-state index contributed by atoms with van der Waals surface area (Å²) in [7, 11) is -3.63. The van der Waals surface area contributed by atoms with Crippen LogP contribution in [0.3, 0.4) is 0 Å². The molecule has 1 saturated heterocycles. The molecule has 0 spiro atoms. The summed E-state index contributed by atoms with van der Waals surface area (Å²) in [4.78, 5) is 19.8. The van der Waals surface area contributed by atoms with Gasteiger partial charge in [-0.3, -0.25) is 19.9 Å². The molecule has 3 heterocycles. The molecule has 0 aliphatic carbocycles. The summed E-state index contributed by atoms with van der Waals surface area (Å²) in [5.74, 6) is -0.458. The molecule has 9 heteroatoms. The van der Waals surface area contributed by atoms with Crippen molar-refractivity contribution in [2.45, 2.75) is 30.4 Å². The second-order valence-corrected chi connectivity index (χ2v) is 11.6. The van der Waals surface area contributed by atoms with Crippen LogP contribution >= 0.6 is 11.6 Å². The van der Waals surface area contributed by atoms with Gasteiger partial charge in [0.1, 0.15) is 0 Å². The molecule has 36 heavy (non-hydrogen) atoms. The Bertz CT molecular complexity index is 1530. The first-order valence-corrected chi connectivity index (χ1v) is 13.9. The van der Waals surface area contributed by atoms with Gasteiger partial charge in [-0.1, -0.05) is 23.7 Å². The van der Waals surface area contributed by atoms with E-state index in [0.717, 1.165) is 48.1 Å². The van der Waals surface area contributed by atoms with E-state index in [0.29, 0.717) is 10.7 Å². The van der Waals surface area contributed by atoms with Crippen LogP contribution in [-0.2, 0) is 20.4 Å². The molecule has 5 rings (SSSR count). The molecule has 4 aromatic rings. The number of aryl methyl sites for hydroxylation is 1. The number of nitrogens with zero attached hydrogens (tertiary/aromatic N) is 3. The Morgan fingerprint density at radius 3 is 2.58 bits per heavy atom. The molecule has 1 amide bonds. The van der Waals surface area contributed by atoms with Gasteiger partial charge >= 0.3 is 0 Å². The Labute approximate surface area is 215 Å². The molecule has 0 saturated carbocycles. The highest BCUT2D eigenvalue weighted by molar-refractivity contribution is 7.90. The van der Waals surface area contributed by atoms with E-state index in [2.05, 4.69) is 21.4 Å². The molecule has 0 bridgehead atoms. The first kappa shape index (κ1) is 24.3. The minimum atomic E-state index is -3.63. The zero-order valence-electron chi connectivity index (χ0n) is 19.9. The molecular weight excluding hydrogens is 496 g/mol. The first-order chi connectivity index (χ1) is 17.3. The number of halogens is 1. The molecule has 0 atom stereocenters. The van der Waals surface area contributed by atoms with Gasteiger partial charge in [0.2, 0.25) is 5.91 Å². The van der Waals surface area contributed by atoms with E-state index in [4.69, 9.17) is 11.6 Å². The maximum Gasteiger partial charge on any atom is 0.242 e. The average molecular weight is 523 g/mol. The number of benzene rings is 2. The van der Waals surface area contributed by atoms with E-state index < -0.39 is 9.84 Å². The number of hydrogen-bond acceptors (Lipinski definition) is 5. The lowest BCUT2D eigenvalue weighted by Gasteiger charge is -2.33. The highest BCUT2D eigenvalue weighted by atomic mass is 35.5. The summed E-state index contributed by atoms with van der Waals surface area (Å²) in [5.41, 5.74) is 5.50. The Balaban J connectivity index is 1.24. The summed E-state index contributed by atoms with van der Waals surface area (Å²) in [6.45, 7) is 3.53. The monoisotopic (exact) mass is 522 g/mol. The molecule has 1 aliphatic heterocycles. The maximum absolute atomic E-state index is 13.2. The molecule has 2 aromatic heterocycles. The van der Waals surface area contributed by atoms with Crippen LogP contribution in [0.25, 0.3) is 10.8 Å². The van der Waals surface area contributed by atoms with E-state index in [1.807, 2.05) is 13.0 Å². The fourth-order valence-electron chi connectivity index (χ4n) is 4.65. The van der Waals surface area contributed by atoms with Crippen molar-refractivity contribution in [3.05, 3.63) is 89.5 Å². The van der Waals surface area contributed by atoms with Gasteiger partial charge in [-0.05, 0) is 79.1 Å². The van der Waals surface area contributed by atoms with Crippen molar-refractivity contribution < 1.29 is 13.2 Å². The number of pyridine rings is 1. The molecular formula is C27H27ClN4O3S. The summed E-state index contributed by atoms with van der Waals surface area (Å²) < 4.78 is 27.9. The van der Waals surface area contributed by atoms with Crippen LogP contribution in [0.4, 0.5) is 5.69 Å². The van der Waals surface area contributed by atoms with Crippen molar-refractivity contribution >= 4 is 43.8 Å². The Kier molecular flexibility index (Phi) is 6.73. The molecule has 7 nitrogen and oxygen atoms in total. The summed E-state index contributed by atoms with van der Waals surface area (Å²) in [6, 6.07) is 17.9. The zero-order valence-corrected chi connectivity index (χ0v) is 21.5. The van der Waals surface area contributed by atoms with Gasteiger partial charge in [0.05, 0.1) is 16.3 Å². The Hall–Kier alpha value is -3.36. The number of sulfone groups is 1. The molecule has 0 unspecified atom stereocenters. The number of piperidine rings is 1. The summed E-state index contributed by atoms with van der Waals surface area (Å²) in [6.07, 6.45) is 4.94. The fourth-order valence-corrected chi connectivity index (χ4v) is 6.20. The van der Waals surface area contributed by atoms with Crippen molar-refractivity contribution in [2.24, 2.45) is 5.92 Å². The topological polar surface area (TPSA) is 84.3 Å². The first-order valence-electron chi connectivity index (χ1n) is 11.9. The lowest BCUT2D eigenvalue weighted by atomic mass is 9.96. The SMILES string of the molecule is Cc1cc(N2CCC(C(=O)Nn3cccc3CS(=O)(=O)c3ccc4cc(Cl)ccc4c3)CC2)ccn1. The minimum Gasteiger partial charge on any atom is -0.371 e. The number of carbonyl (C=O) groups is 1. The van der Waals surface area contributed by atoms with Gasteiger partial charge in [0, 0.05) is 47.8 Å². The second-order valence-electron chi connectivity index (χ2n) is 9.17. The number of fused-ring (bicyclic) bond motifs is 1. The number of anilines is 1. The van der Waals surface area contributed by atoms with Crippen LogP contribution < -0.4 is 10.3 Å². The third kappa shape index (κ3) is 5.24. The lowest BCUT2D eigenvalue weighted by Crippen LogP contribution is -2.40. The van der Waals surface area contributed by atoms with Gasteiger partial charge in [0.15, 0.2) is 9.84 Å². The van der Waals surface area contributed by atoms with Crippen LogP contribution in [-0.4, -0.2) is 37.1 Å². The van der Waals surface area contributed by atoms with E-state index in [1.54, 1.807) is 60.9 Å². The van der Waals surface area contributed by atoms with Gasteiger partial charge in [-0.2, -0.15) is 0 Å². The highest BCUT2D eigenvalue weighted by Crippen LogP contribution is 2.26. The smallest absolute Gasteiger partial charge is 0.242 e. The van der Waals surface area contributed by atoms with Crippen molar-refractivity contribution in [1.82, 2.24) is 9.66 Å². The fraction of sp³-hybridized carbons (Fsp3) is 0.259. The van der Waals surface area contributed by atoms with Crippen LogP contribution in [0.15, 0.2) is 78.0 Å². The van der Waals surface area contributed by atoms with Crippen molar-refractivity contribution in [2.75, 3.05) is 23.4 Å². The molecule has 1 fully saturated rings. The van der Waals surface area contributed by atoms with E-state index in [-0.39, 0.29) is 22.5 Å². The largest absolute Gasteiger partial charge is 0.371 e. The third-order valence-corrected chi connectivity index (χ3v) is 8.53. The number of hydrogen-bond donors (Lipinski definition) is 1. The summed E-state index contributed by atoms with van der Waals surface area (Å²) in [5, 5.41) is 2.28. The Morgan fingerprint density at radius 2 is 1.81 bits per heavy atom. The molecule has 1 N–H and O–H groups in total. The lowest BCUT2D eigenvalue weighted by molar-refractivity contribution is -0.121. The van der Waals surface area contributed by atoms with Gasteiger partial charge in [0.25, 0.3) is 0 Å². The number of nitrogens with one attached hydrogen (secondary N) is 1. The standard InChI is InChI=1S/C27H27ClN4O3S/c1-19-15-24(8-11-29-19)31-13-9-20(10-14-31)27(33)30-32-12-2-3-25(32)18-36(34,35)26-7-5-21-16-23(28)6-4-22(21)17-26/h2-8,11-12,15-17,20H,9-10,13-14,18H2,1H3,(H,30,33). The van der Waals surface area contributed by atoms with Crippen molar-refractivity contribution in [3.8, 4) is 0 Å². The van der Waals surface area contributed by atoms with Crippen LogP contribution in [0.5, 0.6) is 0 Å². The average Bonchev–Trinajstić information content (AvgIpc) is 3.29. The number of amides is 1. The number of rotatable bonds is 6. The molecule has 186 valence electrons. The maximum atomic E-state index is 13.2. The second kappa shape index (κ2) is 9.95. The van der Waals surface area contributed by atoms with Gasteiger partial charge in [-0.25, -0.2) is 8.42 Å². The quantitative estimate of drug-likeness (QED) is 0.387. The number of aromatic nitrogens is 2. The van der Waals surface area contributed by atoms with E-state index >= 15 is 0 Å². The van der Waals surface area contributed by atoms with Crippen LogP contribution in [0.1, 0.15) is 24.2 Å². The normalized spacial score (nSPS) is 14.8. The molecule has 0 radical (unpaired) electrons. The van der Waals surface area contributed by atoms with Gasteiger partial charge < -0.3 is 4.90 Å². The highest BCUT2D eigenvalue weighted by Gasteiger charge is 2.26. The van der Waals surface area contributed by atoms with Gasteiger partial charge in [-0.15, -0.1) is 0 Å². The third-order valence-electron chi connectivity index (χ3n) is 6.65. The van der Waals surface area contributed by atoms with E-state index in [1.165, 1.54) is 4.68 Å². The Morgan fingerprint density at radius 1 is 1.06 bits per heavy atom. The molecule has 1 aliphatic rings. The van der Waals surface area contributed by atoms with Crippen LogP contribution in [0, 0.1) is 12.8 Å². The van der Waals surface area contributed by atoms with Crippen molar-refractivity contribution in [1.29, 1.82) is 0 Å². The van der Waals surface area contributed by atoms with Crippen LogP contribution in [0.2, 0.25) is 5.02 Å². The molecule has 2 aromatic carbocycles. The zero-order chi connectivity index (χ0) is 25.3. The predicted octanol–water partition coefficient (Wildman–Crippen LogP) is 4.96.